The van der Waals surface area contributed by atoms with Crippen molar-refractivity contribution < 1.29 is 33.1 Å². The number of carbonyl (C=O) groups excluding carboxylic acids is 4. The predicted octanol–water partition coefficient (Wildman–Crippen LogP) is 7.20. The number of halogens is 2. The van der Waals surface area contributed by atoms with E-state index in [-0.39, 0.29) is 34.9 Å². The van der Waals surface area contributed by atoms with E-state index < -0.39 is 35.7 Å². The first kappa shape index (κ1) is 42.0. The molecule has 0 saturated carbocycles. The fraction of sp³-hybridized carbons (Fsp3) is 0.182. The number of hydrogen-bond donors (Lipinski definition) is 4. The van der Waals surface area contributed by atoms with Crippen molar-refractivity contribution in [3.63, 3.8) is 0 Å². The van der Waals surface area contributed by atoms with Crippen molar-refractivity contribution in [1.82, 2.24) is 30.8 Å². The maximum Gasteiger partial charge on any atom is 0.248 e. The maximum absolute atomic E-state index is 13.0. The van der Waals surface area contributed by atoms with Crippen molar-refractivity contribution >= 4 is 79.8 Å². The second-order valence-electron chi connectivity index (χ2n) is 13.9. The van der Waals surface area contributed by atoms with Gasteiger partial charge in [-0.15, -0.1) is 10.2 Å². The van der Waals surface area contributed by atoms with Crippen molar-refractivity contribution in [3.05, 3.63) is 119 Å². The normalized spacial score (nSPS) is 12.0. The molecule has 2 atom stereocenters. The number of rotatable bonds is 14. The number of aromatic nitrogens is 4. The van der Waals surface area contributed by atoms with Crippen LogP contribution >= 0.6 is 23.2 Å². The van der Waals surface area contributed by atoms with Gasteiger partial charge in [0, 0.05) is 44.0 Å². The van der Waals surface area contributed by atoms with E-state index in [1.54, 1.807) is 113 Å². The third-order valence-corrected chi connectivity index (χ3v) is 10.0. The van der Waals surface area contributed by atoms with E-state index in [0.29, 0.717) is 45.4 Å². The summed E-state index contributed by atoms with van der Waals surface area (Å²) in [6.45, 7) is 3.16. The first-order valence-electron chi connectivity index (χ1n) is 18.9. The largest absolute Gasteiger partial charge is 0.496 e. The number of nitrogens with zero attached hydrogens (tertiary/aromatic N) is 4. The Bertz CT molecular complexity index is 2590. The topological polar surface area (TPSA) is 200 Å². The van der Waals surface area contributed by atoms with E-state index in [1.165, 1.54) is 0 Å². The Kier molecular flexibility index (Phi) is 12.7. The van der Waals surface area contributed by atoms with Crippen LogP contribution in [0.5, 0.6) is 11.5 Å². The summed E-state index contributed by atoms with van der Waals surface area (Å²) in [5, 5.41) is 22.7. The molecule has 4 aromatic carbocycles. The zero-order chi connectivity index (χ0) is 43.2. The number of pyridine rings is 2. The predicted molar refractivity (Wildman–Crippen MR) is 232 cm³/mol. The van der Waals surface area contributed by atoms with Crippen molar-refractivity contribution in [2.75, 3.05) is 24.9 Å². The highest BCUT2D eigenvalue weighted by Gasteiger charge is 2.21. The van der Waals surface area contributed by atoms with E-state index in [1.807, 2.05) is 12.1 Å². The van der Waals surface area contributed by atoms with Gasteiger partial charge in [-0.25, -0.2) is 9.97 Å². The van der Waals surface area contributed by atoms with E-state index in [9.17, 15) is 19.2 Å². The molecule has 3 heterocycles. The highest BCUT2D eigenvalue weighted by molar-refractivity contribution is 6.30. The fourth-order valence-corrected chi connectivity index (χ4v) is 6.99. The summed E-state index contributed by atoms with van der Waals surface area (Å²) in [6, 6.07) is 26.1. The minimum absolute atomic E-state index is 0.0929. The van der Waals surface area contributed by atoms with Gasteiger partial charge in [-0.05, 0) is 86.6 Å². The molecule has 4 amide bonds. The van der Waals surface area contributed by atoms with Crippen LogP contribution in [0.2, 0.25) is 10.3 Å². The number of ether oxygens (including phenoxy) is 2. The van der Waals surface area contributed by atoms with Gasteiger partial charge in [-0.3, -0.25) is 19.2 Å². The molecular formula is C44H38Cl2N8O7. The summed E-state index contributed by atoms with van der Waals surface area (Å²) in [5.41, 5.74) is 3.11. The van der Waals surface area contributed by atoms with E-state index >= 15 is 0 Å². The highest BCUT2D eigenvalue weighted by atomic mass is 35.5. The van der Waals surface area contributed by atoms with Crippen LogP contribution < -0.4 is 30.7 Å². The van der Waals surface area contributed by atoms with Crippen LogP contribution in [0.4, 0.5) is 11.4 Å². The average molecular weight is 862 g/mol. The minimum atomic E-state index is -0.856. The van der Waals surface area contributed by atoms with Crippen LogP contribution in [-0.4, -0.2) is 70.1 Å². The van der Waals surface area contributed by atoms with Gasteiger partial charge in [0.2, 0.25) is 35.4 Å². The number of nitrogens with one attached hydrogen (secondary N) is 4. The Morgan fingerprint density at radius 3 is 1.36 bits per heavy atom. The minimum Gasteiger partial charge on any atom is -0.496 e. The molecule has 0 aliphatic carbocycles. The molecule has 0 spiro atoms. The molecule has 7 aromatic rings. The van der Waals surface area contributed by atoms with E-state index in [0.717, 1.165) is 21.5 Å². The Hall–Kier alpha value is -7.10. The Morgan fingerprint density at radius 1 is 0.590 bits per heavy atom. The van der Waals surface area contributed by atoms with Crippen LogP contribution in [0.3, 0.4) is 0 Å². The number of anilines is 2. The van der Waals surface area contributed by atoms with Gasteiger partial charge >= 0.3 is 0 Å². The van der Waals surface area contributed by atoms with E-state index in [2.05, 4.69) is 41.4 Å². The summed E-state index contributed by atoms with van der Waals surface area (Å²) >= 11 is 12.5. The maximum atomic E-state index is 13.0. The quantitative estimate of drug-likeness (QED) is 0.0807. The second kappa shape index (κ2) is 18.4. The number of methoxy groups -OCH3 is 2. The summed E-state index contributed by atoms with van der Waals surface area (Å²) in [7, 11) is 3.10. The van der Waals surface area contributed by atoms with Gasteiger partial charge in [-0.2, -0.15) is 0 Å². The van der Waals surface area contributed by atoms with Gasteiger partial charge < -0.3 is 35.2 Å². The molecule has 3 aromatic heterocycles. The first-order valence-corrected chi connectivity index (χ1v) is 19.6. The molecule has 0 unspecified atom stereocenters. The molecule has 0 radical (unpaired) electrons. The zero-order valence-electron chi connectivity index (χ0n) is 33.2. The van der Waals surface area contributed by atoms with Gasteiger partial charge in [0.1, 0.15) is 33.9 Å². The number of fused-ring (bicyclic) bond motifs is 2. The summed E-state index contributed by atoms with van der Waals surface area (Å²) in [4.78, 5) is 60.5. The molecule has 0 aliphatic heterocycles. The molecule has 4 N–H and O–H groups in total. The molecule has 7 rings (SSSR count). The molecule has 0 fully saturated rings. The third-order valence-electron chi connectivity index (χ3n) is 9.63. The lowest BCUT2D eigenvalue weighted by Crippen LogP contribution is -2.42. The molecule has 15 nitrogen and oxygen atoms in total. The van der Waals surface area contributed by atoms with Crippen LogP contribution in [-0.2, 0) is 32.0 Å². The lowest BCUT2D eigenvalue weighted by Gasteiger charge is -2.15. The van der Waals surface area contributed by atoms with Crippen molar-refractivity contribution in [2.45, 2.75) is 38.8 Å². The Morgan fingerprint density at radius 2 is 0.984 bits per heavy atom. The van der Waals surface area contributed by atoms with Crippen LogP contribution in [0.25, 0.3) is 44.5 Å². The van der Waals surface area contributed by atoms with Crippen LogP contribution in [0.1, 0.15) is 25.2 Å². The number of hydrogen-bond acceptors (Lipinski definition) is 11. The average Bonchev–Trinajstić information content (AvgIpc) is 3.74. The van der Waals surface area contributed by atoms with Gasteiger partial charge in [0.25, 0.3) is 0 Å². The number of amides is 4. The smallest absolute Gasteiger partial charge is 0.248 e. The molecule has 17 heteroatoms. The fourth-order valence-electron chi connectivity index (χ4n) is 6.57. The monoisotopic (exact) mass is 860 g/mol. The molecule has 0 bridgehead atoms. The van der Waals surface area contributed by atoms with Gasteiger partial charge in [-0.1, -0.05) is 47.5 Å². The second-order valence-corrected chi connectivity index (χ2v) is 14.6. The SMILES string of the molecule is COc1cccc2c(CC(=O)N[C@@H](C)C(=O)Nc3ccc(-c4nnc(-c5ccc(NC(=O)[C@H](C)NC(=O)Cc6nc(Cl)cc7c(OC)cccc67)cc5)o4)cc3)nc(Cl)cc12. The van der Waals surface area contributed by atoms with Crippen LogP contribution in [0.15, 0.2) is 101 Å². The van der Waals surface area contributed by atoms with E-state index in [4.69, 9.17) is 37.1 Å². The summed E-state index contributed by atoms with van der Waals surface area (Å²) in [5.74, 6) is 0.0498. The standard InChI is InChI=1S/C44H38Cl2N8O7/c1-23(47-39(55)21-33-29-7-5-9-35(59-3)31(29)19-37(45)51-33)41(57)49-27-15-11-25(12-16-27)43-53-54-44(61-43)26-13-17-28(18-14-26)50-42(58)24(2)48-40(56)22-34-30-8-6-10-36(60-4)32(30)20-38(46)52-34/h5-20,23-24H,21-22H2,1-4H3,(H,47,55)(H,48,56)(H,49,57)(H,50,58)/t23-,24-/m0/s1. The van der Waals surface area contributed by atoms with Crippen molar-refractivity contribution in [1.29, 1.82) is 0 Å². The van der Waals surface area contributed by atoms with Gasteiger partial charge in [0.05, 0.1) is 38.4 Å². The highest BCUT2D eigenvalue weighted by Crippen LogP contribution is 2.31. The third kappa shape index (κ3) is 9.86. The lowest BCUT2D eigenvalue weighted by atomic mass is 10.1. The molecular weight excluding hydrogens is 823 g/mol. The molecule has 0 saturated heterocycles. The number of benzene rings is 4. The Labute approximate surface area is 359 Å². The Balaban J connectivity index is 0.897. The van der Waals surface area contributed by atoms with Crippen molar-refractivity contribution in [2.24, 2.45) is 0 Å². The zero-order valence-corrected chi connectivity index (χ0v) is 34.7. The van der Waals surface area contributed by atoms with Crippen molar-refractivity contribution in [3.8, 4) is 34.4 Å². The molecule has 61 heavy (non-hydrogen) atoms. The molecule has 310 valence electrons. The number of carbonyl (C=O) groups is 4. The van der Waals surface area contributed by atoms with Crippen LogP contribution in [0, 0.1) is 0 Å². The summed E-state index contributed by atoms with van der Waals surface area (Å²) in [6.07, 6.45) is -0.186. The lowest BCUT2D eigenvalue weighted by molar-refractivity contribution is -0.125. The summed E-state index contributed by atoms with van der Waals surface area (Å²) < 4.78 is 16.8. The van der Waals surface area contributed by atoms with Gasteiger partial charge in [0.15, 0.2) is 0 Å². The molecule has 0 aliphatic rings. The first-order chi connectivity index (χ1) is 29.4.